The van der Waals surface area contributed by atoms with Gasteiger partial charge in [0, 0.05) is 30.0 Å². The highest BCUT2D eigenvalue weighted by molar-refractivity contribution is 7.09. The van der Waals surface area contributed by atoms with E-state index >= 15 is 0 Å². The molecule has 0 aromatic carbocycles. The average molecular weight is 297 g/mol. The third kappa shape index (κ3) is 3.48. The number of carbonyl (C=O) groups is 1. The van der Waals surface area contributed by atoms with Gasteiger partial charge in [0.1, 0.15) is 5.82 Å². The fourth-order valence-corrected chi connectivity index (χ4v) is 3.14. The summed E-state index contributed by atoms with van der Waals surface area (Å²) in [6.45, 7) is 10.2. The number of aromatic nitrogens is 2. The first-order chi connectivity index (χ1) is 9.41. The third-order valence-electron chi connectivity index (χ3n) is 3.40. The van der Waals surface area contributed by atoms with Crippen molar-refractivity contribution in [3.05, 3.63) is 5.82 Å². The van der Waals surface area contributed by atoms with Crippen LogP contribution in [0.2, 0.25) is 0 Å². The van der Waals surface area contributed by atoms with Crippen LogP contribution < -0.4 is 4.90 Å². The molecule has 1 aromatic rings. The van der Waals surface area contributed by atoms with Gasteiger partial charge in [0.05, 0.1) is 12.5 Å². The van der Waals surface area contributed by atoms with Gasteiger partial charge in [-0.2, -0.15) is 4.37 Å². The minimum absolute atomic E-state index is 0.0364. The predicted octanol–water partition coefficient (Wildman–Crippen LogP) is 2.62. The van der Waals surface area contributed by atoms with E-state index in [2.05, 4.69) is 35.0 Å². The molecule has 1 aliphatic heterocycles. The lowest BCUT2D eigenvalue weighted by atomic mass is 9.96. The summed E-state index contributed by atoms with van der Waals surface area (Å²) in [4.78, 5) is 18.6. The third-order valence-corrected chi connectivity index (χ3v) is 4.17. The summed E-state index contributed by atoms with van der Waals surface area (Å²) in [5, 5.41) is 0.920. The molecule has 1 saturated heterocycles. The van der Waals surface area contributed by atoms with Gasteiger partial charge >= 0.3 is 5.97 Å². The van der Waals surface area contributed by atoms with Crippen LogP contribution in [0.15, 0.2) is 0 Å². The molecular formula is C14H23N3O2S. The number of carbonyl (C=O) groups excluding carboxylic acids is 1. The van der Waals surface area contributed by atoms with Crippen molar-refractivity contribution in [3.63, 3.8) is 0 Å². The van der Waals surface area contributed by atoms with E-state index in [0.717, 1.165) is 30.3 Å². The van der Waals surface area contributed by atoms with Crippen molar-refractivity contribution in [1.29, 1.82) is 0 Å². The second kappa shape index (κ2) is 6.08. The van der Waals surface area contributed by atoms with Crippen molar-refractivity contribution >= 4 is 22.6 Å². The Kier molecular flexibility index (Phi) is 4.62. The summed E-state index contributed by atoms with van der Waals surface area (Å²) in [7, 11) is 0. The first kappa shape index (κ1) is 15.2. The van der Waals surface area contributed by atoms with Gasteiger partial charge < -0.3 is 9.64 Å². The van der Waals surface area contributed by atoms with Gasteiger partial charge in [0.25, 0.3) is 0 Å². The number of hydrogen-bond acceptors (Lipinski definition) is 6. The molecule has 1 aliphatic rings. The molecule has 1 atom stereocenters. The van der Waals surface area contributed by atoms with Gasteiger partial charge in [-0.1, -0.05) is 20.8 Å². The van der Waals surface area contributed by atoms with E-state index < -0.39 is 0 Å². The molecule has 112 valence electrons. The molecule has 0 saturated carbocycles. The zero-order valence-corrected chi connectivity index (χ0v) is 13.5. The first-order valence-corrected chi connectivity index (χ1v) is 7.95. The Morgan fingerprint density at radius 1 is 1.50 bits per heavy atom. The molecule has 6 heteroatoms. The maximum Gasteiger partial charge on any atom is 0.310 e. The number of ether oxygens (including phenoxy) is 1. The van der Waals surface area contributed by atoms with Crippen LogP contribution in [-0.2, 0) is 14.9 Å². The second-order valence-electron chi connectivity index (χ2n) is 6.19. The Morgan fingerprint density at radius 3 is 2.85 bits per heavy atom. The molecule has 20 heavy (non-hydrogen) atoms. The number of esters is 1. The Hall–Kier alpha value is -1.17. The van der Waals surface area contributed by atoms with Gasteiger partial charge in [0.15, 0.2) is 0 Å². The number of anilines is 1. The van der Waals surface area contributed by atoms with Crippen LogP contribution in [0.4, 0.5) is 5.13 Å². The van der Waals surface area contributed by atoms with E-state index in [1.807, 2.05) is 6.92 Å². The fraction of sp³-hybridized carbons (Fsp3) is 0.786. The van der Waals surface area contributed by atoms with Gasteiger partial charge in [-0.3, -0.25) is 4.79 Å². The molecular weight excluding hydrogens is 274 g/mol. The molecule has 0 spiro atoms. The molecule has 2 heterocycles. The van der Waals surface area contributed by atoms with Gasteiger partial charge in [-0.25, -0.2) is 4.98 Å². The van der Waals surface area contributed by atoms with E-state index in [1.165, 1.54) is 11.5 Å². The zero-order valence-electron chi connectivity index (χ0n) is 12.7. The average Bonchev–Trinajstić information content (AvgIpc) is 2.89. The number of rotatable bonds is 3. The summed E-state index contributed by atoms with van der Waals surface area (Å²) in [5.41, 5.74) is -0.0366. The Balaban J connectivity index is 2.05. The van der Waals surface area contributed by atoms with Crippen molar-refractivity contribution in [3.8, 4) is 0 Å². The Labute approximate surface area is 124 Å². The largest absolute Gasteiger partial charge is 0.466 e. The molecule has 0 bridgehead atoms. The minimum Gasteiger partial charge on any atom is -0.466 e. The summed E-state index contributed by atoms with van der Waals surface area (Å²) < 4.78 is 9.57. The molecule has 1 fully saturated rings. The minimum atomic E-state index is -0.0854. The van der Waals surface area contributed by atoms with E-state index in [-0.39, 0.29) is 17.3 Å². The summed E-state index contributed by atoms with van der Waals surface area (Å²) in [5.74, 6) is 0.749. The van der Waals surface area contributed by atoms with Crippen LogP contribution in [0, 0.1) is 5.92 Å². The number of nitrogens with zero attached hydrogens (tertiary/aromatic N) is 3. The highest BCUT2D eigenvalue weighted by atomic mass is 32.1. The zero-order chi connectivity index (χ0) is 14.8. The quantitative estimate of drug-likeness (QED) is 0.803. The summed E-state index contributed by atoms with van der Waals surface area (Å²) >= 11 is 1.42. The van der Waals surface area contributed by atoms with Crippen molar-refractivity contribution in [1.82, 2.24) is 9.36 Å². The topological polar surface area (TPSA) is 55.3 Å². The Morgan fingerprint density at radius 2 is 2.25 bits per heavy atom. The van der Waals surface area contributed by atoms with E-state index in [0.29, 0.717) is 13.2 Å². The predicted molar refractivity (Wildman–Crippen MR) is 80.2 cm³/mol. The van der Waals surface area contributed by atoms with Crippen LogP contribution in [0.5, 0.6) is 0 Å². The van der Waals surface area contributed by atoms with Gasteiger partial charge in [0.2, 0.25) is 5.13 Å². The van der Waals surface area contributed by atoms with Crippen molar-refractivity contribution in [2.45, 2.75) is 46.0 Å². The fourth-order valence-electron chi connectivity index (χ4n) is 2.25. The molecule has 0 amide bonds. The molecule has 2 rings (SSSR count). The van der Waals surface area contributed by atoms with Crippen molar-refractivity contribution in [2.75, 3.05) is 24.6 Å². The molecule has 5 nitrogen and oxygen atoms in total. The maximum absolute atomic E-state index is 11.9. The second-order valence-corrected chi connectivity index (χ2v) is 6.92. The molecule has 0 unspecified atom stereocenters. The van der Waals surface area contributed by atoms with E-state index in [1.54, 1.807) is 0 Å². The highest BCUT2D eigenvalue weighted by Gasteiger charge is 2.29. The lowest BCUT2D eigenvalue weighted by Crippen LogP contribution is -2.39. The van der Waals surface area contributed by atoms with Crippen LogP contribution in [0.1, 0.15) is 46.4 Å². The van der Waals surface area contributed by atoms with Crippen LogP contribution >= 0.6 is 11.5 Å². The van der Waals surface area contributed by atoms with Gasteiger partial charge in [-0.15, -0.1) is 0 Å². The summed E-state index contributed by atoms with van der Waals surface area (Å²) in [6.07, 6.45) is 1.90. The smallest absolute Gasteiger partial charge is 0.310 e. The van der Waals surface area contributed by atoms with Crippen molar-refractivity contribution < 1.29 is 9.53 Å². The standard InChI is InChI=1S/C14H23N3O2S/c1-5-19-11(18)10-7-6-8-17(9-10)13-15-12(16-20-13)14(2,3)4/h10H,5-9H2,1-4H3/t10-/m0/s1. The van der Waals surface area contributed by atoms with Crippen molar-refractivity contribution in [2.24, 2.45) is 5.92 Å². The normalized spacial score (nSPS) is 20.0. The van der Waals surface area contributed by atoms with E-state index in [9.17, 15) is 4.79 Å². The van der Waals surface area contributed by atoms with Crippen LogP contribution in [-0.4, -0.2) is 35.0 Å². The van der Waals surface area contributed by atoms with Crippen LogP contribution in [0.25, 0.3) is 0 Å². The molecule has 0 radical (unpaired) electrons. The van der Waals surface area contributed by atoms with Gasteiger partial charge in [-0.05, 0) is 19.8 Å². The molecule has 1 aromatic heterocycles. The maximum atomic E-state index is 11.9. The highest BCUT2D eigenvalue weighted by Crippen LogP contribution is 2.28. The SMILES string of the molecule is CCOC(=O)[C@H]1CCCN(c2nc(C(C)(C)C)ns2)C1. The lowest BCUT2D eigenvalue weighted by Gasteiger charge is -2.30. The Bertz CT molecular complexity index is 467. The van der Waals surface area contributed by atoms with E-state index in [4.69, 9.17) is 4.74 Å². The van der Waals surface area contributed by atoms with Crippen LogP contribution in [0.3, 0.4) is 0 Å². The summed E-state index contributed by atoms with van der Waals surface area (Å²) in [6, 6.07) is 0. The first-order valence-electron chi connectivity index (χ1n) is 7.17. The number of piperidine rings is 1. The molecule has 0 N–H and O–H groups in total. The lowest BCUT2D eigenvalue weighted by molar-refractivity contribution is -0.148. The monoisotopic (exact) mass is 297 g/mol. The molecule has 0 aliphatic carbocycles. The number of hydrogen-bond donors (Lipinski definition) is 0.